The predicted octanol–water partition coefficient (Wildman–Crippen LogP) is 2.47. The molecule has 2 rings (SSSR count). The fourth-order valence-electron chi connectivity index (χ4n) is 2.77. The number of carbonyl (C=O) groups is 1. The van der Waals surface area contributed by atoms with Crippen molar-refractivity contribution < 1.29 is 4.79 Å². The van der Waals surface area contributed by atoms with Gasteiger partial charge in [0.05, 0.1) is 6.04 Å². The molecule has 1 fully saturated rings. The van der Waals surface area contributed by atoms with E-state index in [0.29, 0.717) is 11.7 Å². The van der Waals surface area contributed by atoms with Gasteiger partial charge in [-0.15, -0.1) is 0 Å². The standard InChI is InChI=1S/C15H23N3O/c1-3-14-5-4-10-18(14)11(2)15(19)17-13-8-6-12(16)7-9-13/h6-9,11,14H,3-5,10,16H2,1-2H3,(H,17,19). The van der Waals surface area contributed by atoms with Crippen molar-refractivity contribution in [2.75, 3.05) is 17.6 Å². The van der Waals surface area contributed by atoms with E-state index >= 15 is 0 Å². The van der Waals surface area contributed by atoms with Gasteiger partial charge in [-0.1, -0.05) is 6.92 Å². The van der Waals surface area contributed by atoms with Crippen molar-refractivity contribution in [1.29, 1.82) is 0 Å². The van der Waals surface area contributed by atoms with Crippen molar-refractivity contribution >= 4 is 17.3 Å². The Balaban J connectivity index is 1.97. The number of amides is 1. The molecule has 1 amide bonds. The maximum atomic E-state index is 12.3. The quantitative estimate of drug-likeness (QED) is 0.819. The molecule has 1 aromatic rings. The zero-order valence-corrected chi connectivity index (χ0v) is 11.7. The summed E-state index contributed by atoms with van der Waals surface area (Å²) in [6.07, 6.45) is 3.51. The third-order valence-electron chi connectivity index (χ3n) is 3.95. The first-order chi connectivity index (χ1) is 9.11. The summed E-state index contributed by atoms with van der Waals surface area (Å²) < 4.78 is 0. The predicted molar refractivity (Wildman–Crippen MR) is 79.0 cm³/mol. The van der Waals surface area contributed by atoms with Crippen LogP contribution in [-0.4, -0.2) is 29.4 Å². The molecule has 0 aliphatic carbocycles. The van der Waals surface area contributed by atoms with Crippen LogP contribution in [0, 0.1) is 0 Å². The number of hydrogen-bond acceptors (Lipinski definition) is 3. The summed E-state index contributed by atoms with van der Waals surface area (Å²) in [5, 5.41) is 2.95. The van der Waals surface area contributed by atoms with Crippen LogP contribution in [0.1, 0.15) is 33.1 Å². The van der Waals surface area contributed by atoms with Crippen LogP contribution in [0.4, 0.5) is 11.4 Å². The Hall–Kier alpha value is -1.55. The average Bonchev–Trinajstić information content (AvgIpc) is 2.88. The number of nitrogens with two attached hydrogens (primary N) is 1. The molecule has 0 bridgehead atoms. The highest BCUT2D eigenvalue weighted by atomic mass is 16.2. The molecule has 1 aliphatic heterocycles. The van der Waals surface area contributed by atoms with E-state index in [1.165, 1.54) is 12.8 Å². The number of benzene rings is 1. The minimum Gasteiger partial charge on any atom is -0.399 e. The van der Waals surface area contributed by atoms with Gasteiger partial charge in [-0.05, 0) is 57.0 Å². The minimum atomic E-state index is -0.0787. The Kier molecular flexibility index (Phi) is 4.43. The van der Waals surface area contributed by atoms with E-state index in [-0.39, 0.29) is 11.9 Å². The third-order valence-corrected chi connectivity index (χ3v) is 3.95. The highest BCUT2D eigenvalue weighted by Gasteiger charge is 2.30. The van der Waals surface area contributed by atoms with Crippen LogP contribution in [0.3, 0.4) is 0 Å². The van der Waals surface area contributed by atoms with E-state index in [1.807, 2.05) is 19.1 Å². The van der Waals surface area contributed by atoms with Gasteiger partial charge in [0.2, 0.25) is 5.91 Å². The second kappa shape index (κ2) is 6.06. The van der Waals surface area contributed by atoms with Crippen LogP contribution in [-0.2, 0) is 4.79 Å². The van der Waals surface area contributed by atoms with Crippen molar-refractivity contribution in [2.24, 2.45) is 0 Å². The highest BCUT2D eigenvalue weighted by molar-refractivity contribution is 5.94. The molecule has 4 heteroatoms. The largest absolute Gasteiger partial charge is 0.399 e. The maximum absolute atomic E-state index is 12.3. The topological polar surface area (TPSA) is 58.4 Å². The SMILES string of the molecule is CCC1CCCN1C(C)C(=O)Nc1ccc(N)cc1. The second-order valence-electron chi connectivity index (χ2n) is 5.23. The molecule has 3 N–H and O–H groups in total. The summed E-state index contributed by atoms with van der Waals surface area (Å²) in [5.74, 6) is 0.0603. The molecule has 19 heavy (non-hydrogen) atoms. The summed E-state index contributed by atoms with van der Waals surface area (Å²) in [6, 6.07) is 7.73. The van der Waals surface area contributed by atoms with Crippen LogP contribution in [0.2, 0.25) is 0 Å². The highest BCUT2D eigenvalue weighted by Crippen LogP contribution is 2.23. The monoisotopic (exact) mass is 261 g/mol. The van der Waals surface area contributed by atoms with Gasteiger partial charge in [0.1, 0.15) is 0 Å². The first-order valence-corrected chi connectivity index (χ1v) is 7.04. The van der Waals surface area contributed by atoms with Gasteiger partial charge >= 0.3 is 0 Å². The number of nitrogen functional groups attached to an aromatic ring is 1. The molecular formula is C15H23N3O. The zero-order chi connectivity index (χ0) is 13.8. The van der Waals surface area contributed by atoms with Crippen LogP contribution in [0.5, 0.6) is 0 Å². The second-order valence-corrected chi connectivity index (χ2v) is 5.23. The van der Waals surface area contributed by atoms with Crippen molar-refractivity contribution in [3.05, 3.63) is 24.3 Å². The summed E-state index contributed by atoms with van der Waals surface area (Å²) in [6.45, 7) is 5.20. The number of nitrogens with one attached hydrogen (secondary N) is 1. The number of likely N-dealkylation sites (tertiary alicyclic amines) is 1. The smallest absolute Gasteiger partial charge is 0.241 e. The van der Waals surface area contributed by atoms with E-state index < -0.39 is 0 Å². The molecule has 2 unspecified atom stereocenters. The summed E-state index contributed by atoms with van der Waals surface area (Å²) in [7, 11) is 0. The van der Waals surface area contributed by atoms with Gasteiger partial charge in [0.25, 0.3) is 0 Å². The first kappa shape index (κ1) is 13.9. The average molecular weight is 261 g/mol. The summed E-state index contributed by atoms with van der Waals surface area (Å²) >= 11 is 0. The third kappa shape index (κ3) is 3.26. The Morgan fingerprint density at radius 3 is 2.79 bits per heavy atom. The molecule has 1 aliphatic rings. The van der Waals surface area contributed by atoms with Crippen LogP contribution in [0.15, 0.2) is 24.3 Å². The van der Waals surface area contributed by atoms with Crippen molar-refractivity contribution in [1.82, 2.24) is 4.90 Å². The van der Waals surface area contributed by atoms with Gasteiger partial charge in [0.15, 0.2) is 0 Å². The molecule has 0 aromatic heterocycles. The van der Waals surface area contributed by atoms with E-state index in [9.17, 15) is 4.79 Å². The lowest BCUT2D eigenvalue weighted by Crippen LogP contribution is -2.44. The molecule has 0 radical (unpaired) electrons. The molecule has 0 saturated carbocycles. The summed E-state index contributed by atoms with van der Waals surface area (Å²) in [5.41, 5.74) is 7.14. The molecule has 0 spiro atoms. The van der Waals surface area contributed by atoms with Crippen LogP contribution < -0.4 is 11.1 Å². The Morgan fingerprint density at radius 2 is 2.16 bits per heavy atom. The first-order valence-electron chi connectivity index (χ1n) is 7.04. The number of carbonyl (C=O) groups excluding carboxylic acids is 1. The molecule has 1 saturated heterocycles. The maximum Gasteiger partial charge on any atom is 0.241 e. The molecule has 4 nitrogen and oxygen atoms in total. The van der Waals surface area contributed by atoms with Crippen LogP contribution in [0.25, 0.3) is 0 Å². The lowest BCUT2D eigenvalue weighted by molar-refractivity contribution is -0.121. The number of anilines is 2. The van der Waals surface area contributed by atoms with E-state index in [0.717, 1.165) is 18.7 Å². The Labute approximate surface area is 115 Å². The Bertz CT molecular complexity index is 430. The lowest BCUT2D eigenvalue weighted by Gasteiger charge is -2.29. The number of nitrogens with zero attached hydrogens (tertiary/aromatic N) is 1. The fourth-order valence-corrected chi connectivity index (χ4v) is 2.77. The van der Waals surface area contributed by atoms with Gasteiger partial charge in [0, 0.05) is 17.4 Å². The van der Waals surface area contributed by atoms with Crippen molar-refractivity contribution in [3.8, 4) is 0 Å². The van der Waals surface area contributed by atoms with Gasteiger partial charge in [-0.3, -0.25) is 9.69 Å². The molecule has 1 aromatic carbocycles. The molecule has 104 valence electrons. The van der Waals surface area contributed by atoms with Gasteiger partial charge < -0.3 is 11.1 Å². The fraction of sp³-hybridized carbons (Fsp3) is 0.533. The number of hydrogen-bond donors (Lipinski definition) is 2. The molecular weight excluding hydrogens is 238 g/mol. The normalized spacial score (nSPS) is 21.3. The minimum absolute atomic E-state index is 0.0603. The van der Waals surface area contributed by atoms with E-state index in [2.05, 4.69) is 17.1 Å². The van der Waals surface area contributed by atoms with E-state index in [1.54, 1.807) is 12.1 Å². The molecule has 1 heterocycles. The van der Waals surface area contributed by atoms with Crippen molar-refractivity contribution in [3.63, 3.8) is 0 Å². The lowest BCUT2D eigenvalue weighted by atomic mass is 10.1. The molecule has 2 atom stereocenters. The van der Waals surface area contributed by atoms with Crippen LogP contribution >= 0.6 is 0 Å². The Morgan fingerprint density at radius 1 is 1.47 bits per heavy atom. The van der Waals surface area contributed by atoms with Crippen molar-refractivity contribution in [2.45, 2.75) is 45.2 Å². The summed E-state index contributed by atoms with van der Waals surface area (Å²) in [4.78, 5) is 14.6. The van der Waals surface area contributed by atoms with Gasteiger partial charge in [-0.25, -0.2) is 0 Å². The van der Waals surface area contributed by atoms with E-state index in [4.69, 9.17) is 5.73 Å². The number of rotatable bonds is 4. The zero-order valence-electron chi connectivity index (χ0n) is 11.7. The van der Waals surface area contributed by atoms with Gasteiger partial charge in [-0.2, -0.15) is 0 Å².